The minimum Gasteiger partial charge on any atom is -0.476 e. The molecular weight excluding hydrogens is 343 g/mol. The van der Waals surface area contributed by atoms with E-state index in [-0.39, 0.29) is 16.8 Å². The average Bonchev–Trinajstić information content (AvgIpc) is 2.70. The van der Waals surface area contributed by atoms with Gasteiger partial charge < -0.3 is 5.11 Å². The van der Waals surface area contributed by atoms with Gasteiger partial charge in [0.25, 0.3) is 0 Å². The number of halogens is 4. The largest absolute Gasteiger partial charge is 0.476 e. The van der Waals surface area contributed by atoms with E-state index in [0.717, 1.165) is 16.8 Å². The molecule has 0 spiro atoms. The van der Waals surface area contributed by atoms with Crippen LogP contribution < -0.4 is 0 Å². The minimum atomic E-state index is -4.40. The molecule has 0 aliphatic rings. The highest BCUT2D eigenvalue weighted by atomic mass is 79.9. The third kappa shape index (κ3) is 2.98. The van der Waals surface area contributed by atoms with Crippen LogP contribution in [0.15, 0.2) is 28.9 Å². The number of carbonyl (C=O) groups is 1. The Bertz CT molecular complexity index is 637. The van der Waals surface area contributed by atoms with Gasteiger partial charge in [-0.1, -0.05) is 17.3 Å². The van der Waals surface area contributed by atoms with Gasteiger partial charge in [-0.15, -0.1) is 5.10 Å². The van der Waals surface area contributed by atoms with Crippen molar-refractivity contribution in [3.63, 3.8) is 0 Å². The molecule has 20 heavy (non-hydrogen) atoms. The summed E-state index contributed by atoms with van der Waals surface area (Å²) in [6, 6.07) is 4.40. The summed E-state index contributed by atoms with van der Waals surface area (Å²) in [7, 11) is 0. The summed E-state index contributed by atoms with van der Waals surface area (Å²) in [5.74, 6) is -1.23. The summed E-state index contributed by atoms with van der Waals surface area (Å²) in [4.78, 5) is 11.0. The Labute approximate surface area is 119 Å². The van der Waals surface area contributed by atoms with E-state index in [1.807, 2.05) is 0 Å². The Balaban J connectivity index is 2.25. The standard InChI is InChI=1S/C11H7BrF3N3O2/c12-9-8(10(19)20)18(17-16-9)5-6-1-3-7(4-2-6)11(13,14)15/h1-4H,5H2,(H,19,20). The first-order valence-electron chi connectivity index (χ1n) is 5.27. The molecule has 2 aromatic rings. The maximum absolute atomic E-state index is 12.4. The summed E-state index contributed by atoms with van der Waals surface area (Å²) in [5.41, 5.74) is -0.442. The van der Waals surface area contributed by atoms with E-state index in [2.05, 4.69) is 26.2 Å². The fourth-order valence-corrected chi connectivity index (χ4v) is 2.02. The summed E-state index contributed by atoms with van der Waals surface area (Å²) in [6.45, 7) is 0.0123. The van der Waals surface area contributed by atoms with Gasteiger partial charge in [-0.2, -0.15) is 13.2 Å². The van der Waals surface area contributed by atoms with Crippen LogP contribution in [0.4, 0.5) is 13.2 Å². The lowest BCUT2D eigenvalue weighted by Gasteiger charge is -2.08. The molecule has 1 aromatic heterocycles. The maximum atomic E-state index is 12.4. The smallest absolute Gasteiger partial charge is 0.416 e. The van der Waals surface area contributed by atoms with E-state index in [9.17, 15) is 18.0 Å². The predicted molar refractivity (Wildman–Crippen MR) is 65.2 cm³/mol. The lowest BCUT2D eigenvalue weighted by Crippen LogP contribution is -2.12. The number of alkyl halides is 3. The van der Waals surface area contributed by atoms with Crippen LogP contribution in [-0.4, -0.2) is 26.1 Å². The van der Waals surface area contributed by atoms with Crippen molar-refractivity contribution in [1.82, 2.24) is 15.0 Å². The molecule has 0 aliphatic carbocycles. The number of rotatable bonds is 3. The van der Waals surface area contributed by atoms with E-state index < -0.39 is 17.7 Å². The van der Waals surface area contributed by atoms with Gasteiger partial charge in [-0.3, -0.25) is 0 Å². The second kappa shape index (κ2) is 5.23. The normalized spacial score (nSPS) is 11.6. The molecule has 0 unspecified atom stereocenters. The van der Waals surface area contributed by atoms with E-state index in [0.29, 0.717) is 5.56 Å². The van der Waals surface area contributed by atoms with E-state index in [1.165, 1.54) is 12.1 Å². The summed E-state index contributed by atoms with van der Waals surface area (Å²) in [6.07, 6.45) is -4.40. The molecule has 106 valence electrons. The molecule has 9 heteroatoms. The first-order valence-corrected chi connectivity index (χ1v) is 6.07. The van der Waals surface area contributed by atoms with Gasteiger partial charge in [0.05, 0.1) is 12.1 Å². The number of carboxylic acids is 1. The van der Waals surface area contributed by atoms with Crippen LogP contribution in [0, 0.1) is 0 Å². The molecule has 0 bridgehead atoms. The molecule has 5 nitrogen and oxygen atoms in total. The quantitative estimate of drug-likeness (QED) is 0.925. The SMILES string of the molecule is O=C(O)c1c(Br)nnn1Cc1ccc(C(F)(F)F)cc1. The van der Waals surface area contributed by atoms with Crippen LogP contribution in [0.1, 0.15) is 21.6 Å². The van der Waals surface area contributed by atoms with Crippen molar-refractivity contribution >= 4 is 21.9 Å². The third-order valence-electron chi connectivity index (χ3n) is 2.51. The molecular formula is C11H7BrF3N3O2. The monoisotopic (exact) mass is 349 g/mol. The highest BCUT2D eigenvalue weighted by Gasteiger charge is 2.30. The Kier molecular flexibility index (Phi) is 3.80. The number of aromatic nitrogens is 3. The van der Waals surface area contributed by atoms with Crippen LogP contribution >= 0.6 is 15.9 Å². The fourth-order valence-electron chi connectivity index (χ4n) is 1.57. The average molecular weight is 350 g/mol. The Hall–Kier alpha value is -1.90. The fraction of sp³-hybridized carbons (Fsp3) is 0.182. The molecule has 1 N–H and O–H groups in total. The first kappa shape index (κ1) is 14.5. The molecule has 1 heterocycles. The molecule has 0 aliphatic heterocycles. The van der Waals surface area contributed by atoms with Crippen molar-refractivity contribution in [2.24, 2.45) is 0 Å². The summed E-state index contributed by atoms with van der Waals surface area (Å²) >= 11 is 2.94. The third-order valence-corrected chi connectivity index (χ3v) is 3.04. The van der Waals surface area contributed by atoms with Crippen LogP contribution in [0.2, 0.25) is 0 Å². The van der Waals surface area contributed by atoms with Gasteiger partial charge in [0.2, 0.25) is 0 Å². The van der Waals surface area contributed by atoms with Crippen molar-refractivity contribution in [1.29, 1.82) is 0 Å². The minimum absolute atomic E-state index is 0.0123. The van der Waals surface area contributed by atoms with Crippen molar-refractivity contribution in [2.75, 3.05) is 0 Å². The summed E-state index contributed by atoms with van der Waals surface area (Å²) < 4.78 is 38.4. The number of hydrogen-bond donors (Lipinski definition) is 1. The zero-order valence-corrected chi connectivity index (χ0v) is 11.3. The second-order valence-electron chi connectivity index (χ2n) is 3.89. The Morgan fingerprint density at radius 1 is 1.30 bits per heavy atom. The molecule has 0 amide bonds. The molecule has 0 saturated heterocycles. The molecule has 0 saturated carbocycles. The molecule has 0 radical (unpaired) electrons. The van der Waals surface area contributed by atoms with E-state index in [1.54, 1.807) is 0 Å². The molecule has 1 aromatic carbocycles. The number of carboxylic acid groups (broad SMARTS) is 1. The maximum Gasteiger partial charge on any atom is 0.416 e. The van der Waals surface area contributed by atoms with Gasteiger partial charge in [-0.25, -0.2) is 9.48 Å². The second-order valence-corrected chi connectivity index (χ2v) is 4.64. The Morgan fingerprint density at radius 3 is 2.40 bits per heavy atom. The molecule has 0 fully saturated rings. The first-order chi connectivity index (χ1) is 9.29. The van der Waals surface area contributed by atoms with Crippen LogP contribution in [0.5, 0.6) is 0 Å². The predicted octanol–water partition coefficient (Wildman–Crippen LogP) is 2.81. The highest BCUT2D eigenvalue weighted by Crippen LogP contribution is 2.29. The lowest BCUT2D eigenvalue weighted by atomic mass is 10.1. The lowest BCUT2D eigenvalue weighted by molar-refractivity contribution is -0.137. The molecule has 0 atom stereocenters. The number of hydrogen-bond acceptors (Lipinski definition) is 3. The summed E-state index contributed by atoms with van der Waals surface area (Å²) in [5, 5.41) is 16.2. The van der Waals surface area contributed by atoms with E-state index >= 15 is 0 Å². The highest BCUT2D eigenvalue weighted by molar-refractivity contribution is 9.10. The zero-order valence-electron chi connectivity index (χ0n) is 9.73. The van der Waals surface area contributed by atoms with Gasteiger partial charge in [0, 0.05) is 0 Å². The van der Waals surface area contributed by atoms with Gasteiger partial charge in [0.1, 0.15) is 0 Å². The zero-order chi connectivity index (χ0) is 14.9. The van der Waals surface area contributed by atoms with Crippen LogP contribution in [0.25, 0.3) is 0 Å². The van der Waals surface area contributed by atoms with Crippen LogP contribution in [-0.2, 0) is 12.7 Å². The van der Waals surface area contributed by atoms with Crippen molar-refractivity contribution in [3.05, 3.63) is 45.7 Å². The van der Waals surface area contributed by atoms with Crippen molar-refractivity contribution < 1.29 is 23.1 Å². The number of aromatic carboxylic acids is 1. The number of benzene rings is 1. The molecule has 2 rings (SSSR count). The van der Waals surface area contributed by atoms with Crippen molar-refractivity contribution in [3.8, 4) is 0 Å². The topological polar surface area (TPSA) is 68.0 Å². The van der Waals surface area contributed by atoms with Gasteiger partial charge >= 0.3 is 12.1 Å². The Morgan fingerprint density at radius 2 is 1.90 bits per heavy atom. The van der Waals surface area contributed by atoms with Crippen molar-refractivity contribution in [2.45, 2.75) is 12.7 Å². The van der Waals surface area contributed by atoms with Gasteiger partial charge in [0.15, 0.2) is 10.3 Å². The number of nitrogens with zero attached hydrogens (tertiary/aromatic N) is 3. The van der Waals surface area contributed by atoms with Crippen LogP contribution in [0.3, 0.4) is 0 Å². The van der Waals surface area contributed by atoms with E-state index in [4.69, 9.17) is 5.11 Å². The van der Waals surface area contributed by atoms with Gasteiger partial charge in [-0.05, 0) is 33.6 Å².